The molecule has 0 unspecified atom stereocenters. The highest BCUT2D eigenvalue weighted by Gasteiger charge is 2.43. The number of aromatic amines is 1. The van der Waals surface area contributed by atoms with Gasteiger partial charge in [0.05, 0.1) is 12.0 Å². The number of ketones is 1. The monoisotopic (exact) mass is 324 g/mol. The number of carbonyl (C=O) groups is 1. The SMILES string of the molecule is C[C@H](C(=O)c1c[nH]c2ccccc12)N1CCC[C@H](C(F)(F)F)C1. The lowest BCUT2D eigenvalue weighted by Gasteiger charge is -2.36. The Bertz CT molecular complexity index is 707. The van der Waals surface area contributed by atoms with Gasteiger partial charge in [-0.25, -0.2) is 0 Å². The first-order chi connectivity index (χ1) is 10.9. The van der Waals surface area contributed by atoms with Gasteiger partial charge >= 0.3 is 6.18 Å². The number of hydrogen-bond donors (Lipinski definition) is 1. The molecule has 2 atom stereocenters. The van der Waals surface area contributed by atoms with Crippen molar-refractivity contribution in [2.45, 2.75) is 32.0 Å². The number of Topliss-reactive ketones (excluding diaryl/α,β-unsaturated/α-hetero) is 1. The van der Waals surface area contributed by atoms with E-state index in [4.69, 9.17) is 0 Å². The third kappa shape index (κ3) is 3.13. The summed E-state index contributed by atoms with van der Waals surface area (Å²) in [5.74, 6) is -1.47. The Morgan fingerprint density at radius 3 is 2.83 bits per heavy atom. The maximum atomic E-state index is 12.9. The molecule has 0 bridgehead atoms. The number of H-pyrrole nitrogens is 1. The van der Waals surface area contributed by atoms with E-state index in [9.17, 15) is 18.0 Å². The number of nitrogens with one attached hydrogen (secondary N) is 1. The first kappa shape index (κ1) is 16.1. The molecule has 1 aliphatic rings. The standard InChI is InChI=1S/C17H19F3N2O/c1-11(22-8-4-5-12(10-22)17(18,19)20)16(23)14-9-21-15-7-3-2-6-13(14)15/h2-3,6-7,9,11-12,21H,4-5,8,10H2,1H3/t11-,12+/m1/s1. The van der Waals surface area contributed by atoms with Crippen LogP contribution in [0.1, 0.15) is 30.1 Å². The molecular formula is C17H19F3N2O. The number of para-hydroxylation sites is 1. The van der Waals surface area contributed by atoms with Crippen LogP contribution in [0.2, 0.25) is 0 Å². The number of halogens is 3. The van der Waals surface area contributed by atoms with Gasteiger partial charge in [0, 0.05) is 29.2 Å². The second-order valence-electron chi connectivity index (χ2n) is 6.16. The van der Waals surface area contributed by atoms with Crippen LogP contribution in [0.25, 0.3) is 10.9 Å². The zero-order valence-electron chi connectivity index (χ0n) is 12.9. The smallest absolute Gasteiger partial charge is 0.360 e. The maximum Gasteiger partial charge on any atom is 0.393 e. The van der Waals surface area contributed by atoms with E-state index in [0.717, 1.165) is 10.9 Å². The van der Waals surface area contributed by atoms with Crippen molar-refractivity contribution in [1.29, 1.82) is 0 Å². The van der Waals surface area contributed by atoms with Crippen LogP contribution in [-0.4, -0.2) is 41.0 Å². The Hall–Kier alpha value is -1.82. The van der Waals surface area contributed by atoms with Gasteiger partial charge in [0.2, 0.25) is 0 Å². The van der Waals surface area contributed by atoms with Gasteiger partial charge < -0.3 is 4.98 Å². The minimum Gasteiger partial charge on any atom is -0.360 e. The van der Waals surface area contributed by atoms with Crippen molar-refractivity contribution < 1.29 is 18.0 Å². The van der Waals surface area contributed by atoms with Crippen molar-refractivity contribution in [2.24, 2.45) is 5.92 Å². The molecule has 23 heavy (non-hydrogen) atoms. The number of nitrogens with zero attached hydrogens (tertiary/aromatic N) is 1. The second kappa shape index (κ2) is 6.00. The molecule has 0 saturated carbocycles. The molecule has 0 spiro atoms. The lowest BCUT2D eigenvalue weighted by molar-refractivity contribution is -0.187. The zero-order chi connectivity index (χ0) is 16.6. The zero-order valence-corrected chi connectivity index (χ0v) is 12.9. The van der Waals surface area contributed by atoms with Crippen molar-refractivity contribution in [3.05, 3.63) is 36.0 Å². The van der Waals surface area contributed by atoms with Crippen LogP contribution in [-0.2, 0) is 0 Å². The molecular weight excluding hydrogens is 305 g/mol. The van der Waals surface area contributed by atoms with Gasteiger partial charge in [-0.05, 0) is 32.4 Å². The Balaban J connectivity index is 1.79. The summed E-state index contributed by atoms with van der Waals surface area (Å²) in [6.45, 7) is 2.13. The fourth-order valence-corrected chi connectivity index (χ4v) is 3.29. The summed E-state index contributed by atoms with van der Waals surface area (Å²) in [6.07, 6.45) is -1.93. The number of hydrogen-bond acceptors (Lipinski definition) is 2. The topological polar surface area (TPSA) is 36.1 Å². The van der Waals surface area contributed by atoms with E-state index in [1.54, 1.807) is 18.0 Å². The average Bonchev–Trinajstić information content (AvgIpc) is 2.97. The van der Waals surface area contributed by atoms with Gasteiger partial charge in [-0.2, -0.15) is 13.2 Å². The summed E-state index contributed by atoms with van der Waals surface area (Å²) in [5, 5.41) is 0.814. The third-order valence-electron chi connectivity index (χ3n) is 4.70. The molecule has 3 rings (SSSR count). The van der Waals surface area contributed by atoms with Crippen LogP contribution in [0.15, 0.2) is 30.5 Å². The van der Waals surface area contributed by atoms with Crippen molar-refractivity contribution in [2.75, 3.05) is 13.1 Å². The highest BCUT2D eigenvalue weighted by atomic mass is 19.4. The number of benzene rings is 1. The molecule has 0 amide bonds. The summed E-state index contributed by atoms with van der Waals surface area (Å²) in [4.78, 5) is 17.4. The molecule has 1 aromatic carbocycles. The molecule has 1 N–H and O–H groups in total. The fourth-order valence-electron chi connectivity index (χ4n) is 3.29. The van der Waals surface area contributed by atoms with Crippen molar-refractivity contribution >= 4 is 16.7 Å². The summed E-state index contributed by atoms with van der Waals surface area (Å²) in [5.41, 5.74) is 1.40. The van der Waals surface area contributed by atoms with E-state index in [1.807, 2.05) is 24.3 Å². The quantitative estimate of drug-likeness (QED) is 0.866. The lowest BCUT2D eigenvalue weighted by Crippen LogP contribution is -2.48. The summed E-state index contributed by atoms with van der Waals surface area (Å²) >= 11 is 0. The van der Waals surface area contributed by atoms with Gasteiger partial charge in [0.25, 0.3) is 0 Å². The van der Waals surface area contributed by atoms with Crippen LogP contribution >= 0.6 is 0 Å². The summed E-state index contributed by atoms with van der Waals surface area (Å²) < 4.78 is 38.8. The normalized spacial score (nSPS) is 21.5. The molecule has 124 valence electrons. The first-order valence-corrected chi connectivity index (χ1v) is 7.79. The molecule has 1 aromatic heterocycles. The van der Waals surface area contributed by atoms with E-state index in [2.05, 4.69) is 4.98 Å². The van der Waals surface area contributed by atoms with E-state index < -0.39 is 18.1 Å². The van der Waals surface area contributed by atoms with Gasteiger partial charge in [0.15, 0.2) is 5.78 Å². The van der Waals surface area contributed by atoms with Crippen LogP contribution in [0.3, 0.4) is 0 Å². The van der Waals surface area contributed by atoms with Gasteiger partial charge in [-0.1, -0.05) is 18.2 Å². The number of carbonyl (C=O) groups excluding carboxylic acids is 1. The first-order valence-electron chi connectivity index (χ1n) is 7.79. The number of fused-ring (bicyclic) bond motifs is 1. The van der Waals surface area contributed by atoms with E-state index in [0.29, 0.717) is 18.5 Å². The Labute approximate surface area is 132 Å². The summed E-state index contributed by atoms with van der Waals surface area (Å²) in [7, 11) is 0. The molecule has 2 aromatic rings. The van der Waals surface area contributed by atoms with Gasteiger partial charge in [-0.15, -0.1) is 0 Å². The second-order valence-corrected chi connectivity index (χ2v) is 6.16. The number of likely N-dealkylation sites (tertiary alicyclic amines) is 1. The highest BCUT2D eigenvalue weighted by Crippen LogP contribution is 2.34. The highest BCUT2D eigenvalue weighted by molar-refractivity contribution is 6.10. The predicted molar refractivity (Wildman–Crippen MR) is 82.4 cm³/mol. The molecule has 2 heterocycles. The number of rotatable bonds is 3. The number of aromatic nitrogens is 1. The van der Waals surface area contributed by atoms with E-state index >= 15 is 0 Å². The Morgan fingerprint density at radius 1 is 1.35 bits per heavy atom. The van der Waals surface area contributed by atoms with Gasteiger partial charge in [-0.3, -0.25) is 9.69 Å². The lowest BCUT2D eigenvalue weighted by atomic mass is 9.94. The molecule has 3 nitrogen and oxygen atoms in total. The molecule has 6 heteroatoms. The molecule has 0 aliphatic carbocycles. The van der Waals surface area contributed by atoms with Crippen molar-refractivity contribution in [1.82, 2.24) is 9.88 Å². The largest absolute Gasteiger partial charge is 0.393 e. The van der Waals surface area contributed by atoms with Gasteiger partial charge in [0.1, 0.15) is 0 Å². The van der Waals surface area contributed by atoms with Crippen LogP contribution < -0.4 is 0 Å². The molecule has 1 fully saturated rings. The number of alkyl halides is 3. The minimum atomic E-state index is -4.19. The fraction of sp³-hybridized carbons (Fsp3) is 0.471. The van der Waals surface area contributed by atoms with Crippen LogP contribution in [0, 0.1) is 5.92 Å². The predicted octanol–water partition coefficient (Wildman–Crippen LogP) is 4.01. The summed E-state index contributed by atoms with van der Waals surface area (Å²) in [6, 6.07) is 6.88. The molecule has 1 saturated heterocycles. The van der Waals surface area contributed by atoms with Crippen molar-refractivity contribution in [3.63, 3.8) is 0 Å². The third-order valence-corrected chi connectivity index (χ3v) is 4.70. The van der Waals surface area contributed by atoms with Crippen LogP contribution in [0.4, 0.5) is 13.2 Å². The Kier molecular flexibility index (Phi) is 4.19. The minimum absolute atomic E-state index is 0.0985. The van der Waals surface area contributed by atoms with E-state index in [1.165, 1.54) is 0 Å². The van der Waals surface area contributed by atoms with Crippen LogP contribution in [0.5, 0.6) is 0 Å². The molecule has 1 aliphatic heterocycles. The average molecular weight is 324 g/mol. The molecule has 0 radical (unpaired) electrons. The van der Waals surface area contributed by atoms with Crippen molar-refractivity contribution in [3.8, 4) is 0 Å². The number of piperidine rings is 1. The maximum absolute atomic E-state index is 12.9. The van der Waals surface area contributed by atoms with E-state index in [-0.39, 0.29) is 18.7 Å². The Morgan fingerprint density at radius 2 is 2.09 bits per heavy atom.